The molecular weight excluding hydrogens is 360 g/mol. The van der Waals surface area contributed by atoms with Crippen LogP contribution in [0.1, 0.15) is 12.5 Å². The largest absolute Gasteiger partial charge is 0.216 e. The Kier molecular flexibility index (Phi) is 3.65. The van der Waals surface area contributed by atoms with Crippen LogP contribution in [0.15, 0.2) is 61.1 Å². The van der Waals surface area contributed by atoms with E-state index in [1.165, 1.54) is 5.56 Å². The first kappa shape index (κ1) is 16.0. The Balaban J connectivity index is 1.64. The predicted octanol–water partition coefficient (Wildman–Crippen LogP) is 4.35. The Labute approximate surface area is 160 Å². The smallest absolute Gasteiger partial charge is 0.182 e. The molecule has 0 fully saturated rings. The lowest BCUT2D eigenvalue weighted by Crippen LogP contribution is -1.98. The standard InChI is InChI=1S/C20H15ClN6/c1-2-13-3-5-14(6-4-13)18-24-20-17-11-23-27(16-9-7-15(21)8-10-16)19(17)22-12-26(20)25-18/h3-12H,2H2,1H3. The lowest BCUT2D eigenvalue weighted by molar-refractivity contribution is 0.882. The summed E-state index contributed by atoms with van der Waals surface area (Å²) in [6, 6.07) is 15.8. The van der Waals surface area contributed by atoms with E-state index in [1.807, 2.05) is 24.3 Å². The van der Waals surface area contributed by atoms with Gasteiger partial charge in [-0.2, -0.15) is 5.10 Å². The van der Waals surface area contributed by atoms with E-state index in [9.17, 15) is 0 Å². The second kappa shape index (κ2) is 6.17. The van der Waals surface area contributed by atoms with Crippen molar-refractivity contribution in [1.82, 2.24) is 29.4 Å². The van der Waals surface area contributed by atoms with Crippen LogP contribution in [0.2, 0.25) is 5.02 Å². The van der Waals surface area contributed by atoms with E-state index in [0.29, 0.717) is 10.8 Å². The van der Waals surface area contributed by atoms with Gasteiger partial charge in [0.15, 0.2) is 17.1 Å². The van der Waals surface area contributed by atoms with Crippen molar-refractivity contribution < 1.29 is 0 Å². The van der Waals surface area contributed by atoms with Crippen molar-refractivity contribution >= 4 is 28.3 Å². The Hall–Kier alpha value is -3.25. The van der Waals surface area contributed by atoms with Crippen molar-refractivity contribution in [2.45, 2.75) is 13.3 Å². The van der Waals surface area contributed by atoms with Gasteiger partial charge in [-0.15, -0.1) is 5.10 Å². The summed E-state index contributed by atoms with van der Waals surface area (Å²) in [4.78, 5) is 9.26. The molecule has 0 bridgehead atoms. The second-order valence-electron chi connectivity index (χ2n) is 6.27. The van der Waals surface area contributed by atoms with Crippen LogP contribution in [0.5, 0.6) is 0 Å². The van der Waals surface area contributed by atoms with Gasteiger partial charge in [-0.25, -0.2) is 19.2 Å². The van der Waals surface area contributed by atoms with E-state index in [-0.39, 0.29) is 0 Å². The quantitative estimate of drug-likeness (QED) is 0.471. The average molecular weight is 375 g/mol. The molecule has 27 heavy (non-hydrogen) atoms. The van der Waals surface area contributed by atoms with Gasteiger partial charge in [0, 0.05) is 10.6 Å². The minimum atomic E-state index is 0.672. The van der Waals surface area contributed by atoms with Crippen LogP contribution < -0.4 is 0 Å². The second-order valence-corrected chi connectivity index (χ2v) is 6.71. The fourth-order valence-corrected chi connectivity index (χ4v) is 3.23. The third-order valence-corrected chi connectivity index (χ3v) is 4.85. The number of halogens is 1. The number of rotatable bonds is 3. The SMILES string of the molecule is CCc1ccc(-c2nc3c4cnn(-c5ccc(Cl)cc5)c4ncn3n2)cc1. The van der Waals surface area contributed by atoms with Gasteiger partial charge in [0.25, 0.3) is 0 Å². The molecule has 0 saturated carbocycles. The van der Waals surface area contributed by atoms with Crippen LogP contribution in [-0.4, -0.2) is 29.4 Å². The fraction of sp³-hybridized carbons (Fsp3) is 0.100. The van der Waals surface area contributed by atoms with Crippen LogP contribution in [-0.2, 0) is 6.42 Å². The van der Waals surface area contributed by atoms with Crippen molar-refractivity contribution in [3.63, 3.8) is 0 Å². The van der Waals surface area contributed by atoms with Gasteiger partial charge in [-0.1, -0.05) is 42.8 Å². The number of benzene rings is 2. The molecule has 0 saturated heterocycles. The van der Waals surface area contributed by atoms with Crippen molar-refractivity contribution in [3.8, 4) is 17.1 Å². The van der Waals surface area contributed by atoms with Gasteiger partial charge in [-0.3, -0.25) is 0 Å². The van der Waals surface area contributed by atoms with E-state index in [1.54, 1.807) is 21.7 Å². The third kappa shape index (κ3) is 2.65. The van der Waals surface area contributed by atoms with Crippen LogP contribution in [0, 0.1) is 0 Å². The number of hydrogen-bond donors (Lipinski definition) is 0. The van der Waals surface area contributed by atoms with Gasteiger partial charge in [0.1, 0.15) is 6.33 Å². The molecule has 0 amide bonds. The minimum Gasteiger partial charge on any atom is -0.216 e. The molecule has 0 atom stereocenters. The van der Waals surface area contributed by atoms with Crippen LogP contribution >= 0.6 is 11.6 Å². The van der Waals surface area contributed by atoms with Crippen molar-refractivity contribution in [2.75, 3.05) is 0 Å². The monoisotopic (exact) mass is 374 g/mol. The lowest BCUT2D eigenvalue weighted by Gasteiger charge is -2.02. The highest BCUT2D eigenvalue weighted by Crippen LogP contribution is 2.23. The van der Waals surface area contributed by atoms with Gasteiger partial charge in [-0.05, 0) is 36.2 Å². The molecule has 2 aromatic carbocycles. The number of hydrogen-bond acceptors (Lipinski definition) is 4. The van der Waals surface area contributed by atoms with Crippen LogP contribution in [0.4, 0.5) is 0 Å². The summed E-state index contributed by atoms with van der Waals surface area (Å²) < 4.78 is 3.47. The lowest BCUT2D eigenvalue weighted by atomic mass is 10.1. The number of nitrogens with zero attached hydrogens (tertiary/aromatic N) is 6. The van der Waals surface area contributed by atoms with Crippen LogP contribution in [0.3, 0.4) is 0 Å². The molecule has 6 nitrogen and oxygen atoms in total. The first-order chi connectivity index (χ1) is 13.2. The molecule has 7 heteroatoms. The highest BCUT2D eigenvalue weighted by atomic mass is 35.5. The molecule has 0 aliphatic carbocycles. The van der Waals surface area contributed by atoms with Crippen LogP contribution in [0.25, 0.3) is 33.8 Å². The summed E-state index contributed by atoms with van der Waals surface area (Å²) in [5.41, 5.74) is 4.62. The molecule has 0 spiro atoms. The molecular formula is C20H15ClN6. The average Bonchev–Trinajstić information content (AvgIpc) is 3.32. The highest BCUT2D eigenvalue weighted by Gasteiger charge is 2.14. The maximum absolute atomic E-state index is 5.98. The molecule has 3 aromatic heterocycles. The van der Waals surface area contributed by atoms with Gasteiger partial charge >= 0.3 is 0 Å². The number of aryl methyl sites for hydroxylation is 1. The summed E-state index contributed by atoms with van der Waals surface area (Å²) in [5, 5.41) is 10.6. The number of aromatic nitrogens is 6. The Morgan fingerprint density at radius 1 is 0.963 bits per heavy atom. The van der Waals surface area contributed by atoms with E-state index < -0.39 is 0 Å². The molecule has 0 unspecified atom stereocenters. The zero-order valence-corrected chi connectivity index (χ0v) is 15.3. The zero-order valence-electron chi connectivity index (χ0n) is 14.5. The van der Waals surface area contributed by atoms with E-state index in [4.69, 9.17) is 16.6 Å². The molecule has 132 valence electrons. The maximum atomic E-state index is 5.98. The molecule has 0 aliphatic heterocycles. The molecule has 0 aliphatic rings. The summed E-state index contributed by atoms with van der Waals surface area (Å²) in [6.45, 7) is 2.14. The van der Waals surface area contributed by atoms with Gasteiger partial charge < -0.3 is 0 Å². The van der Waals surface area contributed by atoms with Gasteiger partial charge in [0.05, 0.1) is 17.3 Å². The summed E-state index contributed by atoms with van der Waals surface area (Å²) in [5.74, 6) is 0.672. The topological polar surface area (TPSA) is 60.9 Å². The highest BCUT2D eigenvalue weighted by molar-refractivity contribution is 6.30. The van der Waals surface area contributed by atoms with Gasteiger partial charge in [0.2, 0.25) is 0 Å². The maximum Gasteiger partial charge on any atom is 0.182 e. The summed E-state index contributed by atoms with van der Waals surface area (Å²) >= 11 is 5.98. The molecule has 0 radical (unpaired) electrons. The van der Waals surface area contributed by atoms with Crippen molar-refractivity contribution in [3.05, 3.63) is 71.6 Å². The number of fused-ring (bicyclic) bond motifs is 3. The Morgan fingerprint density at radius 2 is 1.74 bits per heavy atom. The molecule has 5 rings (SSSR count). The Bertz CT molecular complexity index is 1250. The third-order valence-electron chi connectivity index (χ3n) is 4.60. The summed E-state index contributed by atoms with van der Waals surface area (Å²) in [6.07, 6.45) is 4.45. The first-order valence-electron chi connectivity index (χ1n) is 8.67. The van der Waals surface area contributed by atoms with Crippen molar-refractivity contribution in [1.29, 1.82) is 0 Å². The molecule has 0 N–H and O–H groups in total. The normalized spacial score (nSPS) is 11.5. The van der Waals surface area contributed by atoms with E-state index in [2.05, 4.69) is 46.4 Å². The van der Waals surface area contributed by atoms with Crippen molar-refractivity contribution in [2.24, 2.45) is 0 Å². The fourth-order valence-electron chi connectivity index (χ4n) is 3.10. The summed E-state index contributed by atoms with van der Waals surface area (Å²) in [7, 11) is 0. The zero-order chi connectivity index (χ0) is 18.4. The van der Waals surface area contributed by atoms with E-state index >= 15 is 0 Å². The molecule has 5 aromatic rings. The predicted molar refractivity (Wildman–Crippen MR) is 105 cm³/mol. The Morgan fingerprint density at radius 3 is 2.48 bits per heavy atom. The minimum absolute atomic E-state index is 0.672. The molecule has 3 heterocycles. The van der Waals surface area contributed by atoms with E-state index in [0.717, 1.165) is 34.4 Å². The first-order valence-corrected chi connectivity index (χ1v) is 9.05.